The molecule has 128 valence electrons. The smallest absolute Gasteiger partial charge is 0.303 e. The molecule has 1 N–H and O–H groups in total. The van der Waals surface area contributed by atoms with Crippen LogP contribution in [0.4, 0.5) is 0 Å². The molecule has 0 heterocycles. The van der Waals surface area contributed by atoms with E-state index in [-0.39, 0.29) is 0 Å². The fourth-order valence-electron chi connectivity index (χ4n) is 2.59. The molecule has 0 saturated heterocycles. The van der Waals surface area contributed by atoms with E-state index in [0.29, 0.717) is 0 Å². The van der Waals surface area contributed by atoms with Crippen molar-refractivity contribution in [1.82, 2.24) is 4.72 Å². The number of esters is 1. The highest BCUT2D eigenvalue weighted by atomic mass is 32.2. The number of nitrogens with one attached hydrogen (secondary N) is 1. The van der Waals surface area contributed by atoms with Crippen molar-refractivity contribution < 1.29 is 17.9 Å². The zero-order chi connectivity index (χ0) is 17.7. The summed E-state index contributed by atoms with van der Waals surface area (Å²) in [5, 5.41) is 0. The van der Waals surface area contributed by atoms with Gasteiger partial charge in [-0.3, -0.25) is 4.79 Å². The fraction of sp³-hybridized carbons (Fsp3) is 0.278. The highest BCUT2D eigenvalue weighted by molar-refractivity contribution is 7.88. The molecule has 0 saturated carbocycles. The lowest BCUT2D eigenvalue weighted by molar-refractivity contribution is -0.148. The van der Waals surface area contributed by atoms with E-state index in [1.165, 1.54) is 6.92 Å². The normalized spacial score (nSPS) is 14.0. The SMILES string of the molecule is CC(=O)OC(c1ccccc1C)C(NS(C)(=O)=O)c1ccccc1. The highest BCUT2D eigenvalue weighted by Crippen LogP contribution is 2.34. The maximum absolute atomic E-state index is 11.9. The Bertz CT molecular complexity index is 803. The molecule has 0 aliphatic rings. The van der Waals surface area contributed by atoms with Crippen LogP contribution in [-0.4, -0.2) is 20.6 Å². The number of carbonyl (C=O) groups is 1. The molecule has 0 spiro atoms. The fourth-order valence-corrected chi connectivity index (χ4v) is 3.31. The third-order valence-corrected chi connectivity index (χ3v) is 4.27. The summed E-state index contributed by atoms with van der Waals surface area (Å²) in [6, 6.07) is 15.8. The van der Waals surface area contributed by atoms with Crippen LogP contribution in [0.3, 0.4) is 0 Å². The number of aryl methyl sites for hydroxylation is 1. The van der Waals surface area contributed by atoms with Gasteiger partial charge in [-0.25, -0.2) is 13.1 Å². The number of hydrogen-bond acceptors (Lipinski definition) is 4. The Labute approximate surface area is 142 Å². The molecule has 0 aromatic heterocycles. The lowest BCUT2D eigenvalue weighted by Crippen LogP contribution is -2.33. The van der Waals surface area contributed by atoms with Gasteiger partial charge in [0.1, 0.15) is 6.10 Å². The lowest BCUT2D eigenvalue weighted by atomic mass is 9.93. The minimum absolute atomic E-state index is 0.473. The minimum atomic E-state index is -3.51. The van der Waals surface area contributed by atoms with E-state index in [2.05, 4.69) is 4.72 Å². The van der Waals surface area contributed by atoms with Crippen LogP contribution in [0.15, 0.2) is 54.6 Å². The number of rotatable bonds is 6. The van der Waals surface area contributed by atoms with Crippen molar-refractivity contribution in [2.24, 2.45) is 0 Å². The molecule has 0 aliphatic heterocycles. The summed E-state index contributed by atoms with van der Waals surface area (Å²) in [7, 11) is -3.51. The second-order valence-electron chi connectivity index (χ2n) is 5.66. The predicted octanol–water partition coefficient (Wildman–Crippen LogP) is 2.89. The van der Waals surface area contributed by atoms with Crippen LogP contribution in [0.5, 0.6) is 0 Å². The van der Waals surface area contributed by atoms with Gasteiger partial charge in [0.25, 0.3) is 0 Å². The van der Waals surface area contributed by atoms with Crippen molar-refractivity contribution in [3.63, 3.8) is 0 Å². The molecule has 0 bridgehead atoms. The first-order valence-electron chi connectivity index (χ1n) is 7.53. The first-order chi connectivity index (χ1) is 11.3. The summed E-state index contributed by atoms with van der Waals surface area (Å²) in [5.74, 6) is -0.473. The van der Waals surface area contributed by atoms with E-state index in [9.17, 15) is 13.2 Å². The number of carbonyl (C=O) groups excluding carboxylic acids is 1. The van der Waals surface area contributed by atoms with Crippen molar-refractivity contribution in [2.75, 3.05) is 6.26 Å². The molecule has 0 fully saturated rings. The molecule has 2 aromatic carbocycles. The van der Waals surface area contributed by atoms with E-state index in [4.69, 9.17) is 4.74 Å². The van der Waals surface area contributed by atoms with E-state index >= 15 is 0 Å². The summed E-state index contributed by atoms with van der Waals surface area (Å²) in [6.07, 6.45) is 0.326. The first kappa shape index (κ1) is 18.2. The molecule has 2 rings (SSSR count). The van der Waals surface area contributed by atoms with Gasteiger partial charge in [0.05, 0.1) is 12.3 Å². The lowest BCUT2D eigenvalue weighted by Gasteiger charge is -2.28. The Morgan fingerprint density at radius 2 is 1.62 bits per heavy atom. The summed E-state index contributed by atoms with van der Waals surface area (Å²) in [6.45, 7) is 3.21. The minimum Gasteiger partial charge on any atom is -0.456 e. The topological polar surface area (TPSA) is 72.5 Å². The van der Waals surface area contributed by atoms with Gasteiger partial charge < -0.3 is 4.74 Å². The van der Waals surface area contributed by atoms with Gasteiger partial charge in [0.15, 0.2) is 0 Å². The van der Waals surface area contributed by atoms with Gasteiger partial charge in [-0.05, 0) is 23.6 Å². The Morgan fingerprint density at radius 3 is 2.17 bits per heavy atom. The zero-order valence-electron chi connectivity index (χ0n) is 13.9. The van der Waals surface area contributed by atoms with Crippen LogP contribution in [0.1, 0.15) is 35.8 Å². The van der Waals surface area contributed by atoms with Crippen LogP contribution >= 0.6 is 0 Å². The Morgan fingerprint density at radius 1 is 1.04 bits per heavy atom. The molecule has 24 heavy (non-hydrogen) atoms. The third-order valence-electron chi connectivity index (χ3n) is 3.59. The summed E-state index contributed by atoms with van der Waals surface area (Å²) in [4.78, 5) is 11.6. The Balaban J connectivity index is 2.56. The van der Waals surface area contributed by atoms with Crippen LogP contribution in [0.25, 0.3) is 0 Å². The third kappa shape index (κ3) is 4.91. The average Bonchev–Trinajstić information content (AvgIpc) is 2.51. The summed E-state index contributed by atoms with van der Waals surface area (Å²) in [5.41, 5.74) is 2.40. The zero-order valence-corrected chi connectivity index (χ0v) is 14.7. The molecular weight excluding hydrogens is 326 g/mol. The second kappa shape index (κ2) is 7.59. The number of ether oxygens (including phenoxy) is 1. The maximum atomic E-state index is 11.9. The van der Waals surface area contributed by atoms with Crippen molar-refractivity contribution in [1.29, 1.82) is 0 Å². The van der Waals surface area contributed by atoms with Crippen molar-refractivity contribution in [2.45, 2.75) is 26.0 Å². The van der Waals surface area contributed by atoms with Gasteiger partial charge >= 0.3 is 5.97 Å². The number of benzene rings is 2. The molecular formula is C18H21NO4S. The molecule has 2 unspecified atom stereocenters. The number of sulfonamides is 1. The van der Waals surface area contributed by atoms with Crippen LogP contribution in [-0.2, 0) is 19.6 Å². The quantitative estimate of drug-likeness (QED) is 0.816. The largest absolute Gasteiger partial charge is 0.456 e. The van der Waals surface area contributed by atoms with Crippen molar-refractivity contribution in [3.05, 3.63) is 71.3 Å². The summed E-state index contributed by atoms with van der Waals surface area (Å²) < 4.78 is 31.9. The van der Waals surface area contributed by atoms with E-state index in [0.717, 1.165) is 22.9 Å². The summed E-state index contributed by atoms with van der Waals surface area (Å²) >= 11 is 0. The van der Waals surface area contributed by atoms with Crippen molar-refractivity contribution >= 4 is 16.0 Å². The van der Waals surface area contributed by atoms with Gasteiger partial charge in [-0.1, -0.05) is 54.6 Å². The predicted molar refractivity (Wildman–Crippen MR) is 92.8 cm³/mol. The molecule has 0 radical (unpaired) electrons. The van der Waals surface area contributed by atoms with Gasteiger partial charge in [-0.2, -0.15) is 0 Å². The van der Waals surface area contributed by atoms with Gasteiger partial charge in [-0.15, -0.1) is 0 Å². The molecule has 0 aliphatic carbocycles. The molecule has 2 atom stereocenters. The highest BCUT2D eigenvalue weighted by Gasteiger charge is 2.31. The van der Waals surface area contributed by atoms with E-state index in [1.807, 2.05) is 49.4 Å². The van der Waals surface area contributed by atoms with Gasteiger partial charge in [0, 0.05) is 6.92 Å². The van der Waals surface area contributed by atoms with Crippen LogP contribution in [0, 0.1) is 6.92 Å². The monoisotopic (exact) mass is 347 g/mol. The van der Waals surface area contributed by atoms with E-state index < -0.39 is 28.1 Å². The van der Waals surface area contributed by atoms with Crippen LogP contribution < -0.4 is 4.72 Å². The average molecular weight is 347 g/mol. The molecule has 0 amide bonds. The van der Waals surface area contributed by atoms with Gasteiger partial charge in [0.2, 0.25) is 10.0 Å². The molecule has 5 nitrogen and oxygen atoms in total. The molecule has 6 heteroatoms. The first-order valence-corrected chi connectivity index (χ1v) is 9.42. The Kier molecular flexibility index (Phi) is 5.75. The van der Waals surface area contributed by atoms with Crippen molar-refractivity contribution in [3.8, 4) is 0 Å². The number of hydrogen-bond donors (Lipinski definition) is 1. The van der Waals surface area contributed by atoms with E-state index in [1.54, 1.807) is 12.1 Å². The maximum Gasteiger partial charge on any atom is 0.303 e. The van der Waals surface area contributed by atoms with Crippen LogP contribution in [0.2, 0.25) is 0 Å². The molecule has 2 aromatic rings. The Hall–Kier alpha value is -2.18. The second-order valence-corrected chi connectivity index (χ2v) is 7.45. The standard InChI is InChI=1S/C18H21NO4S/c1-13-9-7-8-12-16(13)18(23-14(2)20)17(19-24(3,21)22)15-10-5-4-6-11-15/h4-12,17-19H,1-3H3.